The van der Waals surface area contributed by atoms with Crippen molar-refractivity contribution in [1.82, 2.24) is 4.98 Å². The number of ether oxygens (including phenoxy) is 2. The van der Waals surface area contributed by atoms with Crippen LogP contribution in [-0.2, 0) is 9.16 Å². The van der Waals surface area contributed by atoms with Crippen LogP contribution in [0.15, 0.2) is 0 Å². The molecule has 0 amide bonds. The monoisotopic (exact) mass is 399 g/mol. The summed E-state index contributed by atoms with van der Waals surface area (Å²) in [5.74, 6) is 0.0859. The third-order valence-electron chi connectivity index (χ3n) is 5.33. The highest BCUT2D eigenvalue weighted by atomic mass is 32.1. The predicted octanol–water partition coefficient (Wildman–Crippen LogP) is 5.34. The van der Waals surface area contributed by atoms with Gasteiger partial charge in [-0.05, 0) is 57.7 Å². The largest absolute Gasteiger partial charge is 0.473 e. The number of thiazole rings is 1. The molecule has 26 heavy (non-hydrogen) atoms. The van der Waals surface area contributed by atoms with E-state index >= 15 is 0 Å². The maximum Gasteiger partial charge on any atom is 0.353 e. The molecule has 2 rings (SSSR count). The van der Waals surface area contributed by atoms with Gasteiger partial charge < -0.3 is 13.9 Å². The summed E-state index contributed by atoms with van der Waals surface area (Å²) in [4.78, 5) is 16.9. The molecule has 1 aliphatic rings. The molecule has 0 saturated heterocycles. The molecule has 148 valence electrons. The van der Waals surface area contributed by atoms with Crippen LogP contribution in [0.5, 0.6) is 5.88 Å². The molecule has 7 heteroatoms. The Kier molecular flexibility index (Phi) is 6.90. The zero-order chi connectivity index (χ0) is 19.5. The average Bonchev–Trinajstić information content (AvgIpc) is 2.89. The zero-order valence-electron chi connectivity index (χ0n) is 17.2. The number of aryl methyl sites for hydroxylation is 1. The normalized spacial score (nSPS) is 21.5. The number of nitrogens with zero attached hydrogens (tertiary/aromatic N) is 1. The van der Waals surface area contributed by atoms with Crippen LogP contribution in [0.25, 0.3) is 0 Å². The number of hydrogen-bond donors (Lipinski definition) is 0. The van der Waals surface area contributed by atoms with E-state index < -0.39 is 8.32 Å². The van der Waals surface area contributed by atoms with Gasteiger partial charge in [0.05, 0.1) is 11.6 Å². The van der Waals surface area contributed by atoms with Gasteiger partial charge in [0.25, 0.3) is 0 Å². The van der Waals surface area contributed by atoms with Gasteiger partial charge in [-0.15, -0.1) is 11.3 Å². The van der Waals surface area contributed by atoms with Gasteiger partial charge in [-0.3, -0.25) is 0 Å². The summed E-state index contributed by atoms with van der Waals surface area (Å²) in [7, 11) is -1.73. The summed E-state index contributed by atoms with van der Waals surface area (Å²) >= 11 is 1.33. The molecule has 1 aromatic rings. The van der Waals surface area contributed by atoms with Crippen molar-refractivity contribution in [2.45, 2.75) is 90.6 Å². The predicted molar refractivity (Wildman–Crippen MR) is 108 cm³/mol. The second-order valence-electron chi connectivity index (χ2n) is 8.48. The number of esters is 1. The fourth-order valence-corrected chi connectivity index (χ4v) is 5.00. The van der Waals surface area contributed by atoms with Crippen molar-refractivity contribution in [1.29, 1.82) is 0 Å². The van der Waals surface area contributed by atoms with Crippen LogP contribution in [0.2, 0.25) is 18.1 Å². The topological polar surface area (TPSA) is 57.7 Å². The number of hydrogen-bond acceptors (Lipinski definition) is 6. The first kappa shape index (κ1) is 21.4. The SMILES string of the molecule is CCOC(=O)c1sc(C)nc1OC1CCC(O[Si](C)(C)C(C)(C)C)CC1. The second kappa shape index (κ2) is 8.40. The van der Waals surface area contributed by atoms with Crippen molar-refractivity contribution in [2.24, 2.45) is 0 Å². The van der Waals surface area contributed by atoms with Crippen molar-refractivity contribution in [3.8, 4) is 5.88 Å². The van der Waals surface area contributed by atoms with Gasteiger partial charge >= 0.3 is 5.97 Å². The third kappa shape index (κ3) is 5.30. The summed E-state index contributed by atoms with van der Waals surface area (Å²) in [5.41, 5.74) is 0. The first-order valence-corrected chi connectivity index (χ1v) is 13.2. The van der Waals surface area contributed by atoms with E-state index in [0.717, 1.165) is 30.7 Å². The highest BCUT2D eigenvalue weighted by molar-refractivity contribution is 7.13. The van der Waals surface area contributed by atoms with E-state index in [1.165, 1.54) is 11.3 Å². The van der Waals surface area contributed by atoms with E-state index in [-0.39, 0.29) is 17.1 Å². The molecule has 1 fully saturated rings. The Labute approximate surface area is 162 Å². The molecule has 1 heterocycles. The van der Waals surface area contributed by atoms with Gasteiger partial charge in [0.2, 0.25) is 5.88 Å². The molecule has 0 radical (unpaired) electrons. The van der Waals surface area contributed by atoms with Crippen molar-refractivity contribution >= 4 is 25.6 Å². The fourth-order valence-electron chi connectivity index (χ4n) is 2.83. The van der Waals surface area contributed by atoms with Gasteiger partial charge in [-0.1, -0.05) is 20.8 Å². The van der Waals surface area contributed by atoms with Crippen LogP contribution in [-0.4, -0.2) is 38.1 Å². The second-order valence-corrected chi connectivity index (χ2v) is 14.4. The lowest BCUT2D eigenvalue weighted by atomic mass is 9.95. The minimum atomic E-state index is -1.73. The van der Waals surface area contributed by atoms with Crippen molar-refractivity contribution < 1.29 is 18.7 Å². The van der Waals surface area contributed by atoms with E-state index in [1.54, 1.807) is 6.92 Å². The van der Waals surface area contributed by atoms with Gasteiger partial charge in [-0.2, -0.15) is 0 Å². The molecule has 0 spiro atoms. The van der Waals surface area contributed by atoms with Gasteiger partial charge in [0.15, 0.2) is 13.2 Å². The standard InChI is InChI=1S/C19H33NO4SSi/c1-8-22-18(21)16-17(20-13(2)25-16)23-14-9-11-15(12-10-14)24-26(6,7)19(3,4)5/h14-15H,8-12H2,1-7H3. The van der Waals surface area contributed by atoms with Crippen LogP contribution < -0.4 is 4.74 Å². The number of aromatic nitrogens is 1. The molecule has 0 atom stereocenters. The molecule has 0 aliphatic heterocycles. The maximum atomic E-state index is 12.1. The molecule has 1 aromatic heterocycles. The van der Waals surface area contributed by atoms with E-state index in [2.05, 4.69) is 38.8 Å². The number of carbonyl (C=O) groups is 1. The van der Waals surface area contributed by atoms with E-state index in [9.17, 15) is 4.79 Å². The number of rotatable bonds is 6. The van der Waals surface area contributed by atoms with Crippen molar-refractivity contribution in [3.05, 3.63) is 9.88 Å². The third-order valence-corrected chi connectivity index (χ3v) is 10.8. The molecule has 1 saturated carbocycles. The lowest BCUT2D eigenvalue weighted by molar-refractivity contribution is 0.0505. The van der Waals surface area contributed by atoms with Crippen molar-refractivity contribution in [2.75, 3.05) is 6.61 Å². The molecule has 0 aromatic carbocycles. The molecular formula is C19H33NO4SSi. The first-order chi connectivity index (χ1) is 12.0. The van der Waals surface area contributed by atoms with Crippen LogP contribution in [0.4, 0.5) is 0 Å². The highest BCUT2D eigenvalue weighted by Gasteiger charge is 2.40. The Morgan fingerprint density at radius 1 is 1.19 bits per heavy atom. The Hall–Kier alpha value is -0.923. The van der Waals surface area contributed by atoms with Crippen LogP contribution in [0, 0.1) is 6.92 Å². The number of carbonyl (C=O) groups excluding carboxylic acids is 1. The summed E-state index contributed by atoms with van der Waals surface area (Å²) in [5, 5.41) is 1.05. The summed E-state index contributed by atoms with van der Waals surface area (Å²) in [6.07, 6.45) is 4.25. The summed E-state index contributed by atoms with van der Waals surface area (Å²) < 4.78 is 17.7. The first-order valence-electron chi connectivity index (χ1n) is 9.52. The Morgan fingerprint density at radius 3 is 2.31 bits per heavy atom. The average molecular weight is 400 g/mol. The minimum absolute atomic E-state index is 0.0870. The Bertz CT molecular complexity index is 616. The fraction of sp³-hybridized carbons (Fsp3) is 0.789. The summed E-state index contributed by atoms with van der Waals surface area (Å²) in [6, 6.07) is 0. The molecular weight excluding hydrogens is 366 g/mol. The zero-order valence-corrected chi connectivity index (χ0v) is 19.0. The van der Waals surface area contributed by atoms with E-state index in [4.69, 9.17) is 13.9 Å². The quantitative estimate of drug-likeness (QED) is 0.477. The van der Waals surface area contributed by atoms with Crippen LogP contribution in [0.1, 0.15) is 68.1 Å². The smallest absolute Gasteiger partial charge is 0.353 e. The molecule has 1 aliphatic carbocycles. The molecule has 5 nitrogen and oxygen atoms in total. The lowest BCUT2D eigenvalue weighted by Crippen LogP contribution is -2.45. The van der Waals surface area contributed by atoms with E-state index in [0.29, 0.717) is 23.5 Å². The summed E-state index contributed by atoms with van der Waals surface area (Å²) in [6.45, 7) is 15.5. The lowest BCUT2D eigenvalue weighted by Gasteiger charge is -2.41. The van der Waals surface area contributed by atoms with Gasteiger partial charge in [0.1, 0.15) is 6.10 Å². The van der Waals surface area contributed by atoms with E-state index in [1.807, 2.05) is 6.92 Å². The van der Waals surface area contributed by atoms with Gasteiger partial charge in [0, 0.05) is 6.10 Å². The maximum absolute atomic E-state index is 12.1. The Balaban J connectivity index is 1.93. The molecule has 0 N–H and O–H groups in total. The van der Waals surface area contributed by atoms with Gasteiger partial charge in [-0.25, -0.2) is 9.78 Å². The minimum Gasteiger partial charge on any atom is -0.473 e. The van der Waals surface area contributed by atoms with Crippen molar-refractivity contribution in [3.63, 3.8) is 0 Å². The molecule has 0 bridgehead atoms. The Morgan fingerprint density at radius 2 is 1.77 bits per heavy atom. The highest BCUT2D eigenvalue weighted by Crippen LogP contribution is 2.39. The van der Waals surface area contributed by atoms with Crippen LogP contribution >= 0.6 is 11.3 Å². The molecule has 0 unspecified atom stereocenters. The van der Waals surface area contributed by atoms with Crippen LogP contribution in [0.3, 0.4) is 0 Å².